The van der Waals surface area contributed by atoms with Crippen LogP contribution in [-0.4, -0.2) is 46.5 Å². The molecule has 7 heteroatoms. The highest BCUT2D eigenvalue weighted by molar-refractivity contribution is 5.41. The molecule has 15 heavy (non-hydrogen) atoms. The Morgan fingerprint density at radius 1 is 1.33 bits per heavy atom. The second-order valence-electron chi connectivity index (χ2n) is 2.82. The quantitative estimate of drug-likeness (QED) is 0.338. The van der Waals surface area contributed by atoms with E-state index in [1.54, 1.807) is 17.2 Å². The Labute approximate surface area is 87.5 Å². The first-order valence-corrected chi connectivity index (χ1v) is 4.58. The van der Waals surface area contributed by atoms with Crippen LogP contribution in [0.3, 0.4) is 0 Å². The van der Waals surface area contributed by atoms with Crippen LogP contribution in [0.4, 0.5) is 11.8 Å². The summed E-state index contributed by atoms with van der Waals surface area (Å²) in [4.78, 5) is 9.69. The molecule has 0 unspecified atom stereocenters. The van der Waals surface area contributed by atoms with E-state index in [0.29, 0.717) is 24.9 Å². The van der Waals surface area contributed by atoms with Gasteiger partial charge in [0.15, 0.2) is 0 Å². The lowest BCUT2D eigenvalue weighted by molar-refractivity contribution is 0.280. The van der Waals surface area contributed by atoms with E-state index in [0.717, 1.165) is 0 Å². The fourth-order valence-electron chi connectivity index (χ4n) is 1.18. The fourth-order valence-corrected chi connectivity index (χ4v) is 1.18. The Kier molecular flexibility index (Phi) is 4.75. The summed E-state index contributed by atoms with van der Waals surface area (Å²) in [6, 6.07) is 1.69. The van der Waals surface area contributed by atoms with Gasteiger partial charge in [0.25, 0.3) is 0 Å². The molecule has 0 radical (unpaired) electrons. The molecule has 0 spiro atoms. The molecule has 1 rings (SSSR count). The third kappa shape index (κ3) is 3.31. The Balaban J connectivity index is 2.79. The number of hydrogen-bond acceptors (Lipinski definition) is 7. The van der Waals surface area contributed by atoms with Crippen molar-refractivity contribution in [3.63, 3.8) is 0 Å². The van der Waals surface area contributed by atoms with Crippen LogP contribution >= 0.6 is 0 Å². The van der Waals surface area contributed by atoms with Crippen LogP contribution in [-0.2, 0) is 0 Å². The highest BCUT2D eigenvalue weighted by atomic mass is 16.3. The van der Waals surface area contributed by atoms with Crippen LogP contribution in [0.15, 0.2) is 12.3 Å². The van der Waals surface area contributed by atoms with E-state index in [1.807, 2.05) is 0 Å². The van der Waals surface area contributed by atoms with Crippen molar-refractivity contribution in [3.05, 3.63) is 12.3 Å². The monoisotopic (exact) mass is 213 g/mol. The van der Waals surface area contributed by atoms with Crippen molar-refractivity contribution in [1.82, 2.24) is 9.97 Å². The van der Waals surface area contributed by atoms with Crippen molar-refractivity contribution in [2.75, 3.05) is 36.6 Å². The molecule has 0 aliphatic carbocycles. The first kappa shape index (κ1) is 11.6. The van der Waals surface area contributed by atoms with Gasteiger partial charge in [-0.05, 0) is 6.07 Å². The fraction of sp³-hybridized carbons (Fsp3) is 0.500. The molecule has 5 N–H and O–H groups in total. The van der Waals surface area contributed by atoms with Crippen LogP contribution in [0.25, 0.3) is 0 Å². The van der Waals surface area contributed by atoms with Crippen LogP contribution in [0, 0.1) is 0 Å². The topological polar surface area (TPSA) is 108 Å². The number of nitrogen functional groups attached to an aromatic ring is 1. The van der Waals surface area contributed by atoms with E-state index >= 15 is 0 Å². The van der Waals surface area contributed by atoms with Gasteiger partial charge in [0.1, 0.15) is 5.82 Å². The van der Waals surface area contributed by atoms with Crippen LogP contribution in [0.1, 0.15) is 0 Å². The third-order valence-electron chi connectivity index (χ3n) is 1.83. The van der Waals surface area contributed by atoms with E-state index in [9.17, 15) is 0 Å². The largest absolute Gasteiger partial charge is 0.395 e. The molecule has 7 nitrogen and oxygen atoms in total. The van der Waals surface area contributed by atoms with Crippen molar-refractivity contribution in [2.24, 2.45) is 5.84 Å². The number of hydrogen-bond donors (Lipinski definition) is 4. The summed E-state index contributed by atoms with van der Waals surface area (Å²) in [5.41, 5.74) is 2.33. The lowest BCUT2D eigenvalue weighted by Gasteiger charge is -2.21. The van der Waals surface area contributed by atoms with Gasteiger partial charge in [0.2, 0.25) is 5.95 Å². The molecule has 0 fully saturated rings. The Morgan fingerprint density at radius 3 is 2.53 bits per heavy atom. The maximum Gasteiger partial charge on any atom is 0.239 e. The summed E-state index contributed by atoms with van der Waals surface area (Å²) in [6.07, 6.45) is 1.55. The molecule has 0 aromatic carbocycles. The number of nitrogens with one attached hydrogen (secondary N) is 1. The highest BCUT2D eigenvalue weighted by Gasteiger charge is 2.07. The molecular formula is C8H15N5O2. The van der Waals surface area contributed by atoms with E-state index < -0.39 is 0 Å². The second-order valence-corrected chi connectivity index (χ2v) is 2.82. The summed E-state index contributed by atoms with van der Waals surface area (Å²) in [5, 5.41) is 17.7. The minimum atomic E-state index is -0.00457. The van der Waals surface area contributed by atoms with E-state index in [1.165, 1.54) is 0 Å². The molecule has 1 aromatic rings. The van der Waals surface area contributed by atoms with Crippen LogP contribution < -0.4 is 16.2 Å². The molecule has 0 atom stereocenters. The van der Waals surface area contributed by atoms with Gasteiger partial charge in [-0.15, -0.1) is 0 Å². The molecular weight excluding hydrogens is 198 g/mol. The summed E-state index contributed by atoms with van der Waals surface area (Å²) in [5.74, 6) is 6.09. The van der Waals surface area contributed by atoms with Crippen molar-refractivity contribution >= 4 is 11.8 Å². The maximum atomic E-state index is 8.84. The Bertz CT molecular complexity index is 290. The van der Waals surface area contributed by atoms with E-state index in [2.05, 4.69) is 15.4 Å². The van der Waals surface area contributed by atoms with Gasteiger partial charge in [-0.3, -0.25) is 5.43 Å². The van der Waals surface area contributed by atoms with Gasteiger partial charge >= 0.3 is 0 Å². The highest BCUT2D eigenvalue weighted by Crippen LogP contribution is 2.10. The number of rotatable bonds is 6. The molecule has 0 saturated heterocycles. The Morgan fingerprint density at radius 2 is 2.00 bits per heavy atom. The Hall–Kier alpha value is -1.44. The van der Waals surface area contributed by atoms with Gasteiger partial charge in [-0.25, -0.2) is 10.8 Å². The van der Waals surface area contributed by atoms with Crippen molar-refractivity contribution in [2.45, 2.75) is 0 Å². The predicted octanol–water partition coefficient (Wildman–Crippen LogP) is -1.45. The molecule has 1 heterocycles. The number of nitrogens with two attached hydrogens (primary N) is 1. The zero-order valence-electron chi connectivity index (χ0n) is 8.30. The molecule has 0 saturated carbocycles. The minimum absolute atomic E-state index is 0.00457. The van der Waals surface area contributed by atoms with Gasteiger partial charge < -0.3 is 15.1 Å². The number of hydrazine groups is 1. The van der Waals surface area contributed by atoms with Gasteiger partial charge in [-0.2, -0.15) is 4.98 Å². The van der Waals surface area contributed by atoms with Crippen LogP contribution in [0.5, 0.6) is 0 Å². The third-order valence-corrected chi connectivity index (χ3v) is 1.83. The number of aliphatic hydroxyl groups is 2. The number of anilines is 2. The summed E-state index contributed by atoms with van der Waals surface area (Å²) < 4.78 is 0. The summed E-state index contributed by atoms with van der Waals surface area (Å²) in [7, 11) is 0. The zero-order chi connectivity index (χ0) is 11.1. The van der Waals surface area contributed by atoms with Crippen molar-refractivity contribution in [1.29, 1.82) is 0 Å². The van der Waals surface area contributed by atoms with Crippen molar-refractivity contribution < 1.29 is 10.2 Å². The SMILES string of the molecule is NNc1nccc(N(CCO)CCO)n1. The van der Waals surface area contributed by atoms with Crippen molar-refractivity contribution in [3.8, 4) is 0 Å². The van der Waals surface area contributed by atoms with Gasteiger partial charge in [0.05, 0.1) is 13.2 Å². The molecule has 84 valence electrons. The van der Waals surface area contributed by atoms with E-state index in [4.69, 9.17) is 16.1 Å². The standard InChI is InChI=1S/C8H15N5O2/c9-12-8-10-2-1-7(11-8)13(3-5-14)4-6-15/h1-2,14-15H,3-6,9H2,(H,10,11,12). The van der Waals surface area contributed by atoms with Crippen LogP contribution in [0.2, 0.25) is 0 Å². The lowest BCUT2D eigenvalue weighted by atomic mass is 10.4. The van der Waals surface area contributed by atoms with E-state index in [-0.39, 0.29) is 13.2 Å². The molecule has 0 amide bonds. The average Bonchev–Trinajstić information content (AvgIpc) is 2.29. The minimum Gasteiger partial charge on any atom is -0.395 e. The normalized spacial score (nSPS) is 10.1. The second kappa shape index (κ2) is 6.12. The smallest absolute Gasteiger partial charge is 0.239 e. The average molecular weight is 213 g/mol. The summed E-state index contributed by atoms with van der Waals surface area (Å²) in [6.45, 7) is 0.800. The molecule has 0 aliphatic heterocycles. The van der Waals surface area contributed by atoms with Gasteiger partial charge in [-0.1, -0.05) is 0 Å². The number of aliphatic hydroxyl groups excluding tert-OH is 2. The lowest BCUT2D eigenvalue weighted by Crippen LogP contribution is -2.30. The number of aromatic nitrogens is 2. The first-order valence-electron chi connectivity index (χ1n) is 4.58. The molecule has 0 aliphatic rings. The summed E-state index contributed by atoms with van der Waals surface area (Å²) >= 11 is 0. The first-order chi connectivity index (χ1) is 7.31. The van der Waals surface area contributed by atoms with Gasteiger partial charge in [0, 0.05) is 19.3 Å². The molecule has 1 aromatic heterocycles. The zero-order valence-corrected chi connectivity index (χ0v) is 8.30. The predicted molar refractivity (Wildman–Crippen MR) is 56.2 cm³/mol. The number of nitrogens with zero attached hydrogens (tertiary/aromatic N) is 3. The molecule has 0 bridgehead atoms. The maximum absolute atomic E-state index is 8.84.